The van der Waals surface area contributed by atoms with E-state index >= 15 is 0 Å². The van der Waals surface area contributed by atoms with Gasteiger partial charge in [0.15, 0.2) is 0 Å². The molecule has 0 saturated heterocycles. The van der Waals surface area contributed by atoms with E-state index in [1.807, 2.05) is 12.1 Å². The van der Waals surface area contributed by atoms with E-state index in [0.717, 1.165) is 31.0 Å². The van der Waals surface area contributed by atoms with Crippen molar-refractivity contribution < 1.29 is 0 Å². The fourth-order valence-corrected chi connectivity index (χ4v) is 3.20. The molecule has 1 aliphatic heterocycles. The van der Waals surface area contributed by atoms with Crippen LogP contribution in [0.2, 0.25) is 5.02 Å². The van der Waals surface area contributed by atoms with Crippen LogP contribution in [0.15, 0.2) is 42.5 Å². The van der Waals surface area contributed by atoms with Gasteiger partial charge in [-0.2, -0.15) is 0 Å². The molecule has 0 saturated carbocycles. The maximum atomic E-state index is 6.44. The number of nitrogens with two attached hydrogens (primary N) is 1. The lowest BCUT2D eigenvalue weighted by Gasteiger charge is -2.23. The summed E-state index contributed by atoms with van der Waals surface area (Å²) in [5.41, 5.74) is 11.4. The van der Waals surface area contributed by atoms with Crippen LogP contribution in [-0.2, 0) is 19.5 Å². The molecule has 1 atom stereocenters. The Hall–Kier alpha value is -1.51. The topological polar surface area (TPSA) is 29.3 Å². The lowest BCUT2D eigenvalue weighted by molar-refractivity contribution is 0.644. The highest BCUT2D eigenvalue weighted by Crippen LogP contribution is 2.34. The monoisotopic (exact) mass is 300 g/mol. The molecule has 2 nitrogen and oxygen atoms in total. The van der Waals surface area contributed by atoms with E-state index in [1.54, 1.807) is 0 Å². The normalized spacial score (nSPS) is 15.1. The molecule has 0 aromatic heterocycles. The summed E-state index contributed by atoms with van der Waals surface area (Å²) in [6, 6.07) is 14.9. The van der Waals surface area contributed by atoms with Crippen molar-refractivity contribution >= 4 is 17.3 Å². The number of benzene rings is 2. The second-order valence-corrected chi connectivity index (χ2v) is 6.14. The minimum Gasteiger partial charge on any atom is -0.363 e. The van der Waals surface area contributed by atoms with Gasteiger partial charge in [0.2, 0.25) is 0 Å². The number of hydrogen-bond acceptors (Lipinski definition) is 2. The van der Waals surface area contributed by atoms with Crippen LogP contribution in [0.3, 0.4) is 0 Å². The van der Waals surface area contributed by atoms with Crippen LogP contribution in [0, 0.1) is 0 Å². The van der Waals surface area contributed by atoms with Gasteiger partial charge in [-0.05, 0) is 41.7 Å². The molecule has 0 radical (unpaired) electrons. The van der Waals surface area contributed by atoms with Gasteiger partial charge in [-0.3, -0.25) is 0 Å². The lowest BCUT2D eigenvalue weighted by atomic mass is 10.0. The third kappa shape index (κ3) is 2.92. The summed E-state index contributed by atoms with van der Waals surface area (Å²) in [7, 11) is 0. The highest BCUT2D eigenvalue weighted by Gasteiger charge is 2.22. The zero-order valence-electron chi connectivity index (χ0n) is 12.3. The molecule has 3 heteroatoms. The Morgan fingerprint density at radius 3 is 2.38 bits per heavy atom. The summed E-state index contributed by atoms with van der Waals surface area (Å²) in [5.74, 6) is 0. The van der Waals surface area contributed by atoms with E-state index in [9.17, 15) is 0 Å². The average Bonchev–Trinajstić information content (AvgIpc) is 2.92. The Kier molecular flexibility index (Phi) is 4.18. The highest BCUT2D eigenvalue weighted by molar-refractivity contribution is 6.31. The third-order valence-corrected chi connectivity index (χ3v) is 4.62. The van der Waals surface area contributed by atoms with Gasteiger partial charge in [-0.15, -0.1) is 0 Å². The zero-order valence-corrected chi connectivity index (χ0v) is 13.1. The minimum absolute atomic E-state index is 0.161. The standard InChI is InChI=1S/C18H21ClN2/c1-2-15(20)10-16-17(19)8-5-9-18(16)21-11-13-6-3-4-7-14(13)12-21/h3-9,15H,2,10-12,20H2,1H3. The van der Waals surface area contributed by atoms with Crippen molar-refractivity contribution in [3.63, 3.8) is 0 Å². The Bertz CT molecular complexity index is 614. The molecule has 3 rings (SSSR count). The summed E-state index contributed by atoms with van der Waals surface area (Å²) in [5, 5.41) is 0.826. The Morgan fingerprint density at radius 1 is 1.10 bits per heavy atom. The van der Waals surface area contributed by atoms with Crippen molar-refractivity contribution in [3.05, 3.63) is 64.2 Å². The maximum absolute atomic E-state index is 6.44. The van der Waals surface area contributed by atoms with Gasteiger partial charge in [0.1, 0.15) is 0 Å². The highest BCUT2D eigenvalue weighted by atomic mass is 35.5. The predicted molar refractivity (Wildman–Crippen MR) is 89.8 cm³/mol. The van der Waals surface area contributed by atoms with E-state index in [0.29, 0.717) is 0 Å². The summed E-state index contributed by atoms with van der Waals surface area (Å²) in [6.07, 6.45) is 1.79. The van der Waals surface area contributed by atoms with Gasteiger partial charge in [-0.25, -0.2) is 0 Å². The summed E-state index contributed by atoms with van der Waals surface area (Å²) in [6.45, 7) is 4.02. The van der Waals surface area contributed by atoms with Crippen molar-refractivity contribution in [1.29, 1.82) is 0 Å². The summed E-state index contributed by atoms with van der Waals surface area (Å²) in [4.78, 5) is 2.40. The largest absolute Gasteiger partial charge is 0.363 e. The van der Waals surface area contributed by atoms with Gasteiger partial charge in [0, 0.05) is 29.8 Å². The van der Waals surface area contributed by atoms with Crippen LogP contribution in [0.5, 0.6) is 0 Å². The zero-order chi connectivity index (χ0) is 14.8. The van der Waals surface area contributed by atoms with Crippen LogP contribution < -0.4 is 10.6 Å². The fourth-order valence-electron chi connectivity index (χ4n) is 2.96. The van der Waals surface area contributed by atoms with Crippen LogP contribution in [0.25, 0.3) is 0 Å². The second kappa shape index (κ2) is 6.08. The number of fused-ring (bicyclic) bond motifs is 1. The molecule has 2 aromatic rings. The quantitative estimate of drug-likeness (QED) is 0.919. The first-order chi connectivity index (χ1) is 10.2. The Balaban J connectivity index is 1.91. The maximum Gasteiger partial charge on any atom is 0.0459 e. The summed E-state index contributed by atoms with van der Waals surface area (Å²) < 4.78 is 0. The molecule has 2 N–H and O–H groups in total. The molecule has 0 bridgehead atoms. The lowest BCUT2D eigenvalue weighted by Crippen LogP contribution is -2.24. The number of hydrogen-bond donors (Lipinski definition) is 1. The first-order valence-corrected chi connectivity index (χ1v) is 7.91. The number of rotatable bonds is 4. The average molecular weight is 301 g/mol. The molecule has 1 aliphatic rings. The van der Waals surface area contributed by atoms with Crippen molar-refractivity contribution in [3.8, 4) is 0 Å². The van der Waals surface area contributed by atoms with E-state index < -0.39 is 0 Å². The number of anilines is 1. The molecular weight excluding hydrogens is 280 g/mol. The van der Waals surface area contributed by atoms with Gasteiger partial charge in [0.05, 0.1) is 0 Å². The second-order valence-electron chi connectivity index (χ2n) is 5.73. The van der Waals surface area contributed by atoms with Crippen molar-refractivity contribution in [1.82, 2.24) is 0 Å². The molecule has 1 unspecified atom stereocenters. The number of nitrogens with zero attached hydrogens (tertiary/aromatic N) is 1. The number of halogens is 1. The van der Waals surface area contributed by atoms with Crippen LogP contribution in [0.1, 0.15) is 30.0 Å². The SMILES string of the molecule is CCC(N)Cc1c(Cl)cccc1N1Cc2ccccc2C1. The van der Waals surface area contributed by atoms with Crippen LogP contribution >= 0.6 is 11.6 Å². The van der Waals surface area contributed by atoms with Crippen LogP contribution in [0.4, 0.5) is 5.69 Å². The van der Waals surface area contributed by atoms with Gasteiger partial charge in [-0.1, -0.05) is 48.9 Å². The Labute approximate surface area is 131 Å². The van der Waals surface area contributed by atoms with Crippen molar-refractivity contribution in [2.75, 3.05) is 4.90 Å². The molecule has 21 heavy (non-hydrogen) atoms. The van der Waals surface area contributed by atoms with Gasteiger partial charge >= 0.3 is 0 Å². The Morgan fingerprint density at radius 2 is 1.76 bits per heavy atom. The van der Waals surface area contributed by atoms with Crippen molar-refractivity contribution in [2.24, 2.45) is 5.73 Å². The molecule has 0 amide bonds. The minimum atomic E-state index is 0.161. The van der Waals surface area contributed by atoms with E-state index in [4.69, 9.17) is 17.3 Å². The molecule has 0 aliphatic carbocycles. The first kappa shape index (κ1) is 14.4. The molecule has 0 fully saturated rings. The van der Waals surface area contributed by atoms with Gasteiger partial charge in [0.25, 0.3) is 0 Å². The fraction of sp³-hybridized carbons (Fsp3) is 0.333. The first-order valence-electron chi connectivity index (χ1n) is 7.53. The molecule has 110 valence electrons. The predicted octanol–water partition coefficient (Wildman–Crippen LogP) is 4.14. The molecular formula is C18H21ClN2. The molecule has 1 heterocycles. The molecule has 0 spiro atoms. The van der Waals surface area contributed by atoms with Crippen molar-refractivity contribution in [2.45, 2.75) is 38.9 Å². The smallest absolute Gasteiger partial charge is 0.0459 e. The van der Waals surface area contributed by atoms with Gasteiger partial charge < -0.3 is 10.6 Å². The third-order valence-electron chi connectivity index (χ3n) is 4.27. The van der Waals surface area contributed by atoms with Crippen LogP contribution in [-0.4, -0.2) is 6.04 Å². The van der Waals surface area contributed by atoms with E-state index in [1.165, 1.54) is 22.4 Å². The molecule has 2 aromatic carbocycles. The van der Waals surface area contributed by atoms with E-state index in [2.05, 4.69) is 42.2 Å². The van der Waals surface area contributed by atoms with E-state index in [-0.39, 0.29) is 6.04 Å². The summed E-state index contributed by atoms with van der Waals surface area (Å²) >= 11 is 6.44.